The zero-order valence-electron chi connectivity index (χ0n) is 12.0. The van der Waals surface area contributed by atoms with Crippen molar-refractivity contribution in [3.05, 3.63) is 48.0 Å². The van der Waals surface area contributed by atoms with Gasteiger partial charge < -0.3 is 10.6 Å². The van der Waals surface area contributed by atoms with E-state index in [0.717, 1.165) is 30.9 Å². The highest BCUT2D eigenvalue weighted by atomic mass is 15.2. The SMILES string of the molecule is CC(N)Cc1cnc(N(C)CCc2ccncc2)nc1. The predicted molar refractivity (Wildman–Crippen MR) is 80.6 cm³/mol. The molecule has 0 bridgehead atoms. The number of aromatic nitrogens is 3. The monoisotopic (exact) mass is 271 g/mol. The Hall–Kier alpha value is -2.01. The average Bonchev–Trinajstić information content (AvgIpc) is 2.46. The standard InChI is InChI=1S/C15H21N5/c1-12(16)9-14-10-18-15(19-11-14)20(2)8-5-13-3-6-17-7-4-13/h3-4,6-7,10-12H,5,8-9,16H2,1-2H3. The van der Waals surface area contributed by atoms with Crippen molar-refractivity contribution in [1.82, 2.24) is 15.0 Å². The van der Waals surface area contributed by atoms with Crippen LogP contribution in [0.3, 0.4) is 0 Å². The summed E-state index contributed by atoms with van der Waals surface area (Å²) in [6.07, 6.45) is 9.09. The highest BCUT2D eigenvalue weighted by Crippen LogP contribution is 2.08. The van der Waals surface area contributed by atoms with Crippen molar-refractivity contribution in [2.75, 3.05) is 18.5 Å². The molecule has 0 amide bonds. The zero-order chi connectivity index (χ0) is 14.4. The Kier molecular flexibility index (Phi) is 5.01. The number of nitrogens with zero attached hydrogens (tertiary/aromatic N) is 4. The van der Waals surface area contributed by atoms with Crippen LogP contribution in [0.5, 0.6) is 0 Å². The topological polar surface area (TPSA) is 67.9 Å². The summed E-state index contributed by atoms with van der Waals surface area (Å²) in [6, 6.07) is 4.19. The van der Waals surface area contributed by atoms with Gasteiger partial charge in [-0.3, -0.25) is 4.98 Å². The molecule has 0 fully saturated rings. The summed E-state index contributed by atoms with van der Waals surface area (Å²) in [4.78, 5) is 14.8. The smallest absolute Gasteiger partial charge is 0.225 e. The summed E-state index contributed by atoms with van der Waals surface area (Å²) in [5.74, 6) is 0.743. The van der Waals surface area contributed by atoms with E-state index in [4.69, 9.17) is 5.73 Å². The molecule has 5 nitrogen and oxygen atoms in total. The van der Waals surface area contributed by atoms with E-state index in [1.807, 2.05) is 50.9 Å². The minimum atomic E-state index is 0.133. The van der Waals surface area contributed by atoms with Crippen LogP contribution in [0.1, 0.15) is 18.1 Å². The molecular formula is C15H21N5. The van der Waals surface area contributed by atoms with Gasteiger partial charge in [-0.25, -0.2) is 9.97 Å². The zero-order valence-corrected chi connectivity index (χ0v) is 12.0. The van der Waals surface area contributed by atoms with E-state index in [0.29, 0.717) is 0 Å². The molecule has 2 rings (SSSR count). The summed E-state index contributed by atoms with van der Waals surface area (Å²) < 4.78 is 0. The van der Waals surface area contributed by atoms with E-state index >= 15 is 0 Å². The number of rotatable bonds is 6. The summed E-state index contributed by atoms with van der Waals surface area (Å²) >= 11 is 0. The molecule has 0 aliphatic heterocycles. The van der Waals surface area contributed by atoms with E-state index in [-0.39, 0.29) is 6.04 Å². The van der Waals surface area contributed by atoms with Gasteiger partial charge in [-0.2, -0.15) is 0 Å². The van der Waals surface area contributed by atoms with Crippen molar-refractivity contribution in [1.29, 1.82) is 0 Å². The Labute approximate surface area is 119 Å². The molecule has 2 heterocycles. The second-order valence-corrected chi connectivity index (χ2v) is 5.10. The molecule has 5 heteroatoms. The first kappa shape index (κ1) is 14.4. The Bertz CT molecular complexity index is 510. The maximum atomic E-state index is 5.76. The van der Waals surface area contributed by atoms with Gasteiger partial charge in [0.05, 0.1) is 0 Å². The number of nitrogens with two attached hydrogens (primary N) is 1. The quantitative estimate of drug-likeness (QED) is 0.861. The fourth-order valence-electron chi connectivity index (χ4n) is 1.97. The third-order valence-corrected chi connectivity index (χ3v) is 3.08. The molecule has 0 aromatic carbocycles. The first-order valence-electron chi connectivity index (χ1n) is 6.81. The molecule has 20 heavy (non-hydrogen) atoms. The first-order valence-corrected chi connectivity index (χ1v) is 6.81. The van der Waals surface area contributed by atoms with Crippen LogP contribution in [0.15, 0.2) is 36.9 Å². The fourth-order valence-corrected chi connectivity index (χ4v) is 1.97. The largest absolute Gasteiger partial charge is 0.344 e. The van der Waals surface area contributed by atoms with Crippen LogP contribution >= 0.6 is 0 Å². The van der Waals surface area contributed by atoms with Crippen molar-refractivity contribution in [2.45, 2.75) is 25.8 Å². The van der Waals surface area contributed by atoms with Gasteiger partial charge in [0, 0.05) is 44.4 Å². The number of pyridine rings is 1. The molecule has 2 aromatic rings. The normalized spacial score (nSPS) is 12.2. The number of anilines is 1. The second kappa shape index (κ2) is 6.96. The minimum Gasteiger partial charge on any atom is -0.344 e. The van der Waals surface area contributed by atoms with Crippen LogP contribution in [0.4, 0.5) is 5.95 Å². The van der Waals surface area contributed by atoms with Crippen molar-refractivity contribution >= 4 is 5.95 Å². The highest BCUT2D eigenvalue weighted by Gasteiger charge is 2.05. The second-order valence-electron chi connectivity index (χ2n) is 5.10. The Morgan fingerprint density at radius 1 is 1.15 bits per heavy atom. The van der Waals surface area contributed by atoms with Gasteiger partial charge in [-0.05, 0) is 43.0 Å². The lowest BCUT2D eigenvalue weighted by atomic mass is 10.1. The van der Waals surface area contributed by atoms with Crippen LogP contribution in [-0.4, -0.2) is 34.6 Å². The van der Waals surface area contributed by atoms with Crippen molar-refractivity contribution in [3.63, 3.8) is 0 Å². The molecule has 2 N–H and O–H groups in total. The Morgan fingerprint density at radius 3 is 2.40 bits per heavy atom. The minimum absolute atomic E-state index is 0.133. The molecule has 1 atom stereocenters. The van der Waals surface area contributed by atoms with Crippen LogP contribution in [0, 0.1) is 0 Å². The van der Waals surface area contributed by atoms with Gasteiger partial charge in [-0.15, -0.1) is 0 Å². The molecule has 0 saturated heterocycles. The van der Waals surface area contributed by atoms with Gasteiger partial charge in [-0.1, -0.05) is 0 Å². The van der Waals surface area contributed by atoms with Gasteiger partial charge >= 0.3 is 0 Å². The maximum Gasteiger partial charge on any atom is 0.225 e. The molecule has 1 unspecified atom stereocenters. The highest BCUT2D eigenvalue weighted by molar-refractivity contribution is 5.29. The van der Waals surface area contributed by atoms with E-state index in [1.54, 1.807) is 0 Å². The van der Waals surface area contributed by atoms with Crippen LogP contribution in [0.25, 0.3) is 0 Å². The molecule has 0 aliphatic rings. The Morgan fingerprint density at radius 2 is 1.80 bits per heavy atom. The summed E-state index contributed by atoms with van der Waals surface area (Å²) in [5, 5.41) is 0. The third kappa shape index (κ3) is 4.28. The molecule has 2 aromatic heterocycles. The van der Waals surface area contributed by atoms with Gasteiger partial charge in [0.1, 0.15) is 0 Å². The number of likely N-dealkylation sites (N-methyl/N-ethyl adjacent to an activating group) is 1. The molecule has 0 aliphatic carbocycles. The van der Waals surface area contributed by atoms with Crippen LogP contribution in [-0.2, 0) is 12.8 Å². The number of hydrogen-bond acceptors (Lipinski definition) is 5. The fraction of sp³-hybridized carbons (Fsp3) is 0.400. The molecular weight excluding hydrogens is 250 g/mol. The van der Waals surface area contributed by atoms with E-state index in [1.165, 1.54) is 5.56 Å². The van der Waals surface area contributed by atoms with Crippen molar-refractivity contribution in [3.8, 4) is 0 Å². The number of hydrogen-bond donors (Lipinski definition) is 1. The third-order valence-electron chi connectivity index (χ3n) is 3.08. The van der Waals surface area contributed by atoms with Gasteiger partial charge in [0.2, 0.25) is 5.95 Å². The molecule has 0 spiro atoms. The molecule has 106 valence electrons. The molecule has 0 saturated carbocycles. The summed E-state index contributed by atoms with van der Waals surface area (Å²) in [6.45, 7) is 2.85. The predicted octanol–water partition coefficient (Wildman–Crippen LogP) is 1.44. The summed E-state index contributed by atoms with van der Waals surface area (Å²) in [7, 11) is 2.00. The van der Waals surface area contributed by atoms with Gasteiger partial charge in [0.15, 0.2) is 0 Å². The van der Waals surface area contributed by atoms with E-state index < -0.39 is 0 Å². The van der Waals surface area contributed by atoms with E-state index in [2.05, 4.69) is 19.9 Å². The lowest BCUT2D eigenvalue weighted by Crippen LogP contribution is -2.23. The van der Waals surface area contributed by atoms with Crippen molar-refractivity contribution < 1.29 is 0 Å². The Balaban J connectivity index is 1.90. The average molecular weight is 271 g/mol. The lowest BCUT2D eigenvalue weighted by molar-refractivity contribution is 0.730. The maximum absolute atomic E-state index is 5.76. The summed E-state index contributed by atoms with van der Waals surface area (Å²) in [5.41, 5.74) is 8.10. The van der Waals surface area contributed by atoms with E-state index in [9.17, 15) is 0 Å². The first-order chi connectivity index (χ1) is 9.65. The molecule has 0 radical (unpaired) electrons. The lowest BCUT2D eigenvalue weighted by Gasteiger charge is -2.17. The van der Waals surface area contributed by atoms with Crippen molar-refractivity contribution in [2.24, 2.45) is 5.73 Å². The van der Waals surface area contributed by atoms with Crippen LogP contribution < -0.4 is 10.6 Å². The van der Waals surface area contributed by atoms with Gasteiger partial charge in [0.25, 0.3) is 0 Å². The van der Waals surface area contributed by atoms with Crippen LogP contribution in [0.2, 0.25) is 0 Å².